The summed E-state index contributed by atoms with van der Waals surface area (Å²) in [6.45, 7) is 1.39. The van der Waals surface area contributed by atoms with E-state index in [2.05, 4.69) is 5.32 Å². The Hall–Kier alpha value is -2.94. The molecule has 0 spiro atoms. The van der Waals surface area contributed by atoms with E-state index >= 15 is 0 Å². The second kappa shape index (κ2) is 6.88. The maximum absolute atomic E-state index is 11.1. The second-order valence-electron chi connectivity index (χ2n) is 4.47. The number of amides is 1. The first-order chi connectivity index (χ1) is 10.9. The van der Waals surface area contributed by atoms with Gasteiger partial charge >= 0.3 is 0 Å². The van der Waals surface area contributed by atoms with Crippen LogP contribution in [-0.4, -0.2) is 15.8 Å². The van der Waals surface area contributed by atoms with E-state index < -0.39 is 9.85 Å². The fourth-order valence-electron chi connectivity index (χ4n) is 1.78. The van der Waals surface area contributed by atoms with Crippen molar-refractivity contribution in [2.75, 3.05) is 5.32 Å². The van der Waals surface area contributed by atoms with Crippen LogP contribution < -0.4 is 5.32 Å². The minimum atomic E-state index is -0.677. The smallest absolute Gasteiger partial charge is 0.290 e. The van der Waals surface area contributed by atoms with Crippen molar-refractivity contribution in [3.8, 4) is 0 Å². The number of nitrogens with one attached hydrogen (secondary N) is 1. The number of benzene rings is 2. The Morgan fingerprint density at radius 2 is 1.70 bits per heavy atom. The lowest BCUT2D eigenvalue weighted by Gasteiger charge is -2.05. The van der Waals surface area contributed by atoms with Crippen molar-refractivity contribution in [3.05, 3.63) is 62.7 Å². The lowest BCUT2D eigenvalue weighted by molar-refractivity contribution is -0.396. The number of carbonyl (C=O) groups excluding carboxylic acids is 1. The van der Waals surface area contributed by atoms with Crippen molar-refractivity contribution in [2.24, 2.45) is 0 Å². The molecule has 8 nitrogen and oxygen atoms in total. The molecule has 0 bridgehead atoms. The molecule has 0 aromatic heterocycles. The first-order valence-corrected chi connectivity index (χ1v) is 7.17. The van der Waals surface area contributed by atoms with Gasteiger partial charge in [-0.1, -0.05) is 11.8 Å². The Labute approximate surface area is 134 Å². The summed E-state index contributed by atoms with van der Waals surface area (Å²) in [5.41, 5.74) is -0.0442. The number of anilines is 1. The lowest BCUT2D eigenvalue weighted by atomic mass is 10.3. The standard InChI is InChI=1S/C14H11N3O5S/c1-9(18)15-10-2-5-12(6-3-10)23-14-7-4-11(16(19)20)8-13(14)17(21)22/h2-8H,1H3,(H,15,18). The Morgan fingerprint density at radius 1 is 1.04 bits per heavy atom. The van der Waals surface area contributed by atoms with Gasteiger partial charge in [0.1, 0.15) is 0 Å². The Bertz CT molecular complexity index is 776. The number of hydrogen-bond acceptors (Lipinski definition) is 6. The molecular formula is C14H11N3O5S. The highest BCUT2D eigenvalue weighted by atomic mass is 32.2. The minimum absolute atomic E-state index is 0.198. The van der Waals surface area contributed by atoms with Gasteiger partial charge in [0.05, 0.1) is 20.8 Å². The molecule has 0 saturated heterocycles. The van der Waals surface area contributed by atoms with Gasteiger partial charge in [-0.15, -0.1) is 0 Å². The third-order valence-corrected chi connectivity index (χ3v) is 3.83. The van der Waals surface area contributed by atoms with E-state index in [0.29, 0.717) is 15.5 Å². The third-order valence-electron chi connectivity index (χ3n) is 2.75. The van der Waals surface area contributed by atoms with Gasteiger partial charge in [0.15, 0.2) is 0 Å². The molecule has 2 aromatic rings. The van der Waals surface area contributed by atoms with Crippen molar-refractivity contribution >= 4 is 34.7 Å². The van der Waals surface area contributed by atoms with Gasteiger partial charge in [-0.3, -0.25) is 25.0 Å². The van der Waals surface area contributed by atoms with Gasteiger partial charge in [-0.05, 0) is 30.3 Å². The molecule has 0 heterocycles. The van der Waals surface area contributed by atoms with Crippen LogP contribution in [0.25, 0.3) is 0 Å². The van der Waals surface area contributed by atoms with Gasteiger partial charge in [-0.2, -0.15) is 0 Å². The summed E-state index contributed by atoms with van der Waals surface area (Å²) in [4.78, 5) is 32.4. The van der Waals surface area contributed by atoms with Crippen LogP contribution in [0, 0.1) is 20.2 Å². The summed E-state index contributed by atoms with van der Waals surface area (Å²) in [6, 6.07) is 10.2. The Morgan fingerprint density at radius 3 is 2.22 bits per heavy atom. The van der Waals surface area contributed by atoms with Crippen LogP contribution in [0.4, 0.5) is 17.1 Å². The monoisotopic (exact) mass is 333 g/mol. The van der Waals surface area contributed by atoms with E-state index in [4.69, 9.17) is 0 Å². The first-order valence-electron chi connectivity index (χ1n) is 6.35. The summed E-state index contributed by atoms with van der Waals surface area (Å²) < 4.78 is 0. The SMILES string of the molecule is CC(=O)Nc1ccc(Sc2ccc([N+](=O)[O-])cc2[N+](=O)[O-])cc1. The van der Waals surface area contributed by atoms with Crippen LogP contribution in [0.5, 0.6) is 0 Å². The molecule has 9 heteroatoms. The third kappa shape index (κ3) is 4.27. The summed E-state index contributed by atoms with van der Waals surface area (Å²) >= 11 is 1.11. The van der Waals surface area contributed by atoms with Crippen LogP contribution in [0.15, 0.2) is 52.3 Å². The molecule has 1 N–H and O–H groups in total. The zero-order chi connectivity index (χ0) is 17.0. The number of rotatable bonds is 5. The van der Waals surface area contributed by atoms with E-state index in [-0.39, 0.29) is 17.3 Å². The molecule has 0 aliphatic heterocycles. The molecule has 0 fully saturated rings. The molecule has 0 aliphatic carbocycles. The zero-order valence-electron chi connectivity index (χ0n) is 11.9. The minimum Gasteiger partial charge on any atom is -0.326 e. The molecule has 0 atom stereocenters. The Balaban J connectivity index is 2.27. The zero-order valence-corrected chi connectivity index (χ0v) is 12.7. The van der Waals surface area contributed by atoms with Crippen LogP contribution in [-0.2, 0) is 4.79 Å². The van der Waals surface area contributed by atoms with E-state index in [9.17, 15) is 25.0 Å². The van der Waals surface area contributed by atoms with Gasteiger partial charge in [0, 0.05) is 23.6 Å². The number of nitrogens with zero attached hydrogens (tertiary/aromatic N) is 2. The van der Waals surface area contributed by atoms with E-state index in [1.165, 1.54) is 19.1 Å². The summed E-state index contributed by atoms with van der Waals surface area (Å²) in [5, 5.41) is 24.4. The fraction of sp³-hybridized carbons (Fsp3) is 0.0714. The number of non-ortho nitro benzene ring substituents is 1. The molecule has 1 amide bonds. The highest BCUT2D eigenvalue weighted by Gasteiger charge is 2.20. The van der Waals surface area contributed by atoms with Gasteiger partial charge in [-0.25, -0.2) is 0 Å². The topological polar surface area (TPSA) is 115 Å². The molecular weight excluding hydrogens is 322 g/mol. The van der Waals surface area contributed by atoms with Gasteiger partial charge in [0.2, 0.25) is 5.91 Å². The normalized spacial score (nSPS) is 10.1. The molecule has 0 unspecified atom stereocenters. The first kappa shape index (κ1) is 16.4. The van der Waals surface area contributed by atoms with Crippen molar-refractivity contribution in [2.45, 2.75) is 16.7 Å². The lowest BCUT2D eigenvalue weighted by Crippen LogP contribution is -2.05. The highest BCUT2D eigenvalue weighted by Crippen LogP contribution is 2.37. The number of hydrogen-bond donors (Lipinski definition) is 1. The average molecular weight is 333 g/mol. The van der Waals surface area contributed by atoms with Gasteiger partial charge in [0.25, 0.3) is 11.4 Å². The molecule has 23 heavy (non-hydrogen) atoms. The number of nitro benzene ring substituents is 2. The fourth-order valence-corrected chi connectivity index (χ4v) is 2.69. The van der Waals surface area contributed by atoms with Crippen LogP contribution in [0.3, 0.4) is 0 Å². The van der Waals surface area contributed by atoms with Gasteiger partial charge < -0.3 is 5.32 Å². The van der Waals surface area contributed by atoms with E-state index in [0.717, 1.165) is 17.8 Å². The van der Waals surface area contributed by atoms with Crippen LogP contribution >= 0.6 is 11.8 Å². The average Bonchev–Trinajstić information content (AvgIpc) is 2.48. The van der Waals surface area contributed by atoms with Crippen molar-refractivity contribution in [1.82, 2.24) is 0 Å². The van der Waals surface area contributed by atoms with E-state index in [1.807, 2.05) is 0 Å². The van der Waals surface area contributed by atoms with Crippen molar-refractivity contribution in [3.63, 3.8) is 0 Å². The molecule has 2 aromatic carbocycles. The van der Waals surface area contributed by atoms with Crippen LogP contribution in [0.2, 0.25) is 0 Å². The number of nitro groups is 2. The Kier molecular flexibility index (Phi) is 4.91. The highest BCUT2D eigenvalue weighted by molar-refractivity contribution is 7.99. The maximum atomic E-state index is 11.1. The summed E-state index contributed by atoms with van der Waals surface area (Å²) in [5.74, 6) is -0.198. The van der Waals surface area contributed by atoms with Crippen molar-refractivity contribution < 1.29 is 14.6 Å². The quantitative estimate of drug-likeness (QED) is 0.660. The molecule has 2 rings (SSSR count). The molecule has 0 aliphatic rings. The van der Waals surface area contributed by atoms with E-state index in [1.54, 1.807) is 24.3 Å². The summed E-state index contributed by atoms with van der Waals surface area (Å²) in [6.07, 6.45) is 0. The van der Waals surface area contributed by atoms with Crippen molar-refractivity contribution in [1.29, 1.82) is 0 Å². The summed E-state index contributed by atoms with van der Waals surface area (Å²) in [7, 11) is 0. The maximum Gasteiger partial charge on any atom is 0.290 e. The largest absolute Gasteiger partial charge is 0.326 e. The molecule has 118 valence electrons. The van der Waals surface area contributed by atoms with Crippen LogP contribution in [0.1, 0.15) is 6.92 Å². The predicted octanol–water partition coefficient (Wildman–Crippen LogP) is 3.61. The molecule has 0 radical (unpaired) electrons. The molecule has 0 saturated carbocycles. The second-order valence-corrected chi connectivity index (χ2v) is 5.59. The number of carbonyl (C=O) groups is 1. The predicted molar refractivity (Wildman–Crippen MR) is 84.6 cm³/mol.